The molecule has 6 nitrogen and oxygen atoms in total. The van der Waals surface area contributed by atoms with Gasteiger partial charge in [0.2, 0.25) is 10.0 Å². The zero-order chi connectivity index (χ0) is 14.9. The highest BCUT2D eigenvalue weighted by atomic mass is 35.5. The van der Waals surface area contributed by atoms with E-state index in [0.717, 1.165) is 25.9 Å². The molecule has 21 heavy (non-hydrogen) atoms. The number of pyridine rings is 1. The highest BCUT2D eigenvalue weighted by Crippen LogP contribution is 2.28. The fourth-order valence-electron chi connectivity index (χ4n) is 2.60. The van der Waals surface area contributed by atoms with Crippen molar-refractivity contribution < 1.29 is 8.42 Å². The summed E-state index contributed by atoms with van der Waals surface area (Å²) < 4.78 is 27.6. The maximum absolute atomic E-state index is 12.5. The van der Waals surface area contributed by atoms with E-state index < -0.39 is 10.0 Å². The van der Waals surface area contributed by atoms with Gasteiger partial charge in [-0.3, -0.25) is 0 Å². The van der Waals surface area contributed by atoms with Crippen LogP contribution < -0.4 is 10.0 Å². The summed E-state index contributed by atoms with van der Waals surface area (Å²) in [5, 5.41) is 4.09. The van der Waals surface area contributed by atoms with Crippen LogP contribution in [0.1, 0.15) is 12.8 Å². The Morgan fingerprint density at radius 2 is 2.33 bits per heavy atom. The van der Waals surface area contributed by atoms with Crippen LogP contribution >= 0.6 is 11.6 Å². The number of rotatable bonds is 4. The van der Waals surface area contributed by atoms with Crippen LogP contribution in [0.15, 0.2) is 23.4 Å². The number of hydrogen-bond donors (Lipinski definition) is 3. The fourth-order valence-corrected chi connectivity index (χ4v) is 4.21. The van der Waals surface area contributed by atoms with Crippen molar-refractivity contribution in [2.45, 2.75) is 17.7 Å². The summed E-state index contributed by atoms with van der Waals surface area (Å²) in [7, 11) is -3.60. The minimum absolute atomic E-state index is 0.152. The smallest absolute Gasteiger partial charge is 0.242 e. The van der Waals surface area contributed by atoms with Crippen molar-refractivity contribution in [3.8, 4) is 0 Å². The monoisotopic (exact) mass is 328 g/mol. The largest absolute Gasteiger partial charge is 0.345 e. The van der Waals surface area contributed by atoms with E-state index in [9.17, 15) is 8.42 Å². The van der Waals surface area contributed by atoms with Crippen LogP contribution in [0.3, 0.4) is 0 Å². The molecule has 114 valence electrons. The second-order valence-electron chi connectivity index (χ2n) is 5.23. The lowest BCUT2D eigenvalue weighted by Gasteiger charge is -2.22. The summed E-state index contributed by atoms with van der Waals surface area (Å²) in [5.41, 5.74) is 0.474. The number of fused-ring (bicyclic) bond motifs is 1. The van der Waals surface area contributed by atoms with Gasteiger partial charge in [-0.05, 0) is 37.9 Å². The Kier molecular flexibility index (Phi) is 4.17. The van der Waals surface area contributed by atoms with Gasteiger partial charge in [-0.2, -0.15) is 0 Å². The summed E-state index contributed by atoms with van der Waals surface area (Å²) in [6.45, 7) is 2.28. The number of H-pyrrole nitrogens is 1. The van der Waals surface area contributed by atoms with Gasteiger partial charge in [0.25, 0.3) is 0 Å². The van der Waals surface area contributed by atoms with Gasteiger partial charge in [-0.25, -0.2) is 18.1 Å². The van der Waals surface area contributed by atoms with E-state index in [1.807, 2.05) is 0 Å². The van der Waals surface area contributed by atoms with Crippen molar-refractivity contribution in [3.05, 3.63) is 23.5 Å². The number of aromatic amines is 1. The molecule has 1 unspecified atom stereocenters. The van der Waals surface area contributed by atoms with Crippen LogP contribution in [-0.2, 0) is 10.0 Å². The highest BCUT2D eigenvalue weighted by Gasteiger charge is 2.23. The van der Waals surface area contributed by atoms with Crippen molar-refractivity contribution in [3.63, 3.8) is 0 Å². The normalized spacial score (nSPS) is 20.0. The topological polar surface area (TPSA) is 86.9 Å². The molecule has 0 bridgehead atoms. The lowest BCUT2D eigenvalue weighted by molar-refractivity contribution is 0.376. The number of sulfonamides is 1. The van der Waals surface area contributed by atoms with Crippen LogP contribution in [-0.4, -0.2) is 38.0 Å². The molecule has 1 aliphatic heterocycles. The van der Waals surface area contributed by atoms with Crippen molar-refractivity contribution in [1.82, 2.24) is 20.0 Å². The molecule has 2 aromatic rings. The number of aromatic nitrogens is 2. The fraction of sp³-hybridized carbons (Fsp3) is 0.462. The Hall–Kier alpha value is -1.15. The summed E-state index contributed by atoms with van der Waals surface area (Å²) >= 11 is 6.10. The Morgan fingerprint density at radius 3 is 3.10 bits per heavy atom. The van der Waals surface area contributed by atoms with Crippen LogP contribution in [0.5, 0.6) is 0 Å². The Morgan fingerprint density at radius 1 is 1.48 bits per heavy atom. The summed E-state index contributed by atoms with van der Waals surface area (Å²) in [6.07, 6.45) is 5.09. The van der Waals surface area contributed by atoms with Crippen LogP contribution in [0.4, 0.5) is 0 Å². The molecule has 2 aromatic heterocycles. The average molecular weight is 329 g/mol. The minimum Gasteiger partial charge on any atom is -0.345 e. The molecule has 0 saturated carbocycles. The Labute approximate surface area is 128 Å². The minimum atomic E-state index is -3.60. The van der Waals surface area contributed by atoms with Gasteiger partial charge in [0.1, 0.15) is 10.5 Å². The predicted octanol–water partition coefficient (Wildman–Crippen LogP) is 1.49. The van der Waals surface area contributed by atoms with Crippen LogP contribution in [0.2, 0.25) is 5.02 Å². The number of nitrogens with one attached hydrogen (secondary N) is 3. The van der Waals surface area contributed by atoms with Crippen LogP contribution in [0.25, 0.3) is 11.0 Å². The first-order valence-electron chi connectivity index (χ1n) is 6.90. The first kappa shape index (κ1) is 14.8. The maximum Gasteiger partial charge on any atom is 0.242 e. The van der Waals surface area contributed by atoms with Gasteiger partial charge < -0.3 is 10.3 Å². The molecule has 3 rings (SSSR count). The maximum atomic E-state index is 12.5. The second kappa shape index (κ2) is 5.92. The average Bonchev–Trinajstić information content (AvgIpc) is 2.93. The first-order valence-corrected chi connectivity index (χ1v) is 8.76. The zero-order valence-electron chi connectivity index (χ0n) is 11.4. The quantitative estimate of drug-likeness (QED) is 0.793. The van der Waals surface area contributed by atoms with Crippen molar-refractivity contribution in [2.75, 3.05) is 19.6 Å². The van der Waals surface area contributed by atoms with Gasteiger partial charge in [-0.1, -0.05) is 11.6 Å². The Bertz CT molecular complexity index is 738. The summed E-state index contributed by atoms with van der Waals surface area (Å²) in [6, 6.07) is 1.59. The molecular weight excluding hydrogens is 312 g/mol. The molecule has 0 aliphatic carbocycles. The third-order valence-corrected chi connectivity index (χ3v) is 5.50. The van der Waals surface area contributed by atoms with E-state index in [0.29, 0.717) is 28.5 Å². The second-order valence-corrected chi connectivity index (χ2v) is 7.38. The van der Waals surface area contributed by atoms with Gasteiger partial charge in [-0.15, -0.1) is 0 Å². The Balaban J connectivity index is 1.83. The molecule has 0 spiro atoms. The van der Waals surface area contributed by atoms with Crippen molar-refractivity contribution in [2.24, 2.45) is 5.92 Å². The molecule has 0 amide bonds. The molecule has 3 N–H and O–H groups in total. The lowest BCUT2D eigenvalue weighted by Crippen LogP contribution is -2.38. The van der Waals surface area contributed by atoms with Gasteiger partial charge in [0.05, 0.1) is 10.4 Å². The molecular formula is C13H17ClN4O2S. The van der Waals surface area contributed by atoms with Crippen molar-refractivity contribution >= 4 is 32.7 Å². The molecule has 3 heterocycles. The van der Waals surface area contributed by atoms with Gasteiger partial charge >= 0.3 is 0 Å². The molecule has 1 atom stereocenters. The van der Waals surface area contributed by atoms with E-state index >= 15 is 0 Å². The van der Waals surface area contributed by atoms with Crippen molar-refractivity contribution in [1.29, 1.82) is 0 Å². The van der Waals surface area contributed by atoms with E-state index in [-0.39, 0.29) is 4.90 Å². The number of halogens is 1. The van der Waals surface area contributed by atoms with Crippen LogP contribution in [0, 0.1) is 5.92 Å². The molecule has 1 aliphatic rings. The number of piperidine rings is 1. The molecule has 1 saturated heterocycles. The van der Waals surface area contributed by atoms with E-state index in [1.54, 1.807) is 12.3 Å². The number of nitrogens with zero attached hydrogens (tertiary/aromatic N) is 1. The standard InChI is InChI=1S/C13H17ClN4O2S/c14-10-3-5-16-13-12(10)11(8-17-13)21(19,20)18-7-9-2-1-4-15-6-9/h3,5,8-9,15,18H,1-2,4,6-7H2,(H,16,17). The SMILES string of the molecule is O=S(=O)(NCC1CCCNC1)c1c[nH]c2nccc(Cl)c12. The third kappa shape index (κ3) is 3.06. The molecule has 0 radical (unpaired) electrons. The molecule has 0 aromatic carbocycles. The van der Waals surface area contributed by atoms with E-state index in [1.165, 1.54) is 6.20 Å². The zero-order valence-corrected chi connectivity index (χ0v) is 13.0. The highest BCUT2D eigenvalue weighted by molar-refractivity contribution is 7.89. The van der Waals surface area contributed by atoms with E-state index in [4.69, 9.17) is 11.6 Å². The first-order chi connectivity index (χ1) is 10.1. The summed E-state index contributed by atoms with van der Waals surface area (Å²) in [4.78, 5) is 7.08. The summed E-state index contributed by atoms with van der Waals surface area (Å²) in [5.74, 6) is 0.326. The lowest BCUT2D eigenvalue weighted by atomic mass is 10.0. The third-order valence-electron chi connectivity index (χ3n) is 3.74. The predicted molar refractivity (Wildman–Crippen MR) is 81.9 cm³/mol. The van der Waals surface area contributed by atoms with Gasteiger partial charge in [0, 0.05) is 18.9 Å². The van der Waals surface area contributed by atoms with Gasteiger partial charge in [0.15, 0.2) is 0 Å². The molecule has 8 heteroatoms. The van der Waals surface area contributed by atoms with E-state index in [2.05, 4.69) is 20.0 Å². The number of hydrogen-bond acceptors (Lipinski definition) is 4. The molecule has 1 fully saturated rings.